The highest BCUT2D eigenvalue weighted by Gasteiger charge is 2.28. The maximum absolute atomic E-state index is 11.5. The van der Waals surface area contributed by atoms with Crippen molar-refractivity contribution in [2.75, 3.05) is 22.1 Å². The van der Waals surface area contributed by atoms with Crippen molar-refractivity contribution in [1.29, 1.82) is 0 Å². The highest BCUT2D eigenvalue weighted by molar-refractivity contribution is 7.91. The molecule has 1 aliphatic heterocycles. The molecule has 2 aromatic rings. The summed E-state index contributed by atoms with van der Waals surface area (Å²) >= 11 is 11.9. The summed E-state index contributed by atoms with van der Waals surface area (Å²) in [5.41, 5.74) is 0.631. The standard InChI is InChI=1S/C13H13Cl2N5O2S/c14-8-1-2-11(10(15)5-8)18-12-6-16-20-13(19-12)17-9-3-4-23(21,22)7-9/h1-2,5-6,9H,3-4,7H2,(H2,17,18,19,20). The van der Waals surface area contributed by atoms with Crippen LogP contribution in [-0.2, 0) is 9.84 Å². The summed E-state index contributed by atoms with van der Waals surface area (Å²) in [4.78, 5) is 4.26. The molecule has 1 fully saturated rings. The number of hydrogen-bond donors (Lipinski definition) is 2. The van der Waals surface area contributed by atoms with Crippen molar-refractivity contribution >= 4 is 50.5 Å². The number of sulfone groups is 1. The normalized spacial score (nSPS) is 19.5. The highest BCUT2D eigenvalue weighted by atomic mass is 35.5. The van der Waals surface area contributed by atoms with E-state index in [2.05, 4.69) is 25.8 Å². The Hall–Kier alpha value is -1.64. The zero-order valence-electron chi connectivity index (χ0n) is 11.8. The third-order valence-electron chi connectivity index (χ3n) is 3.32. The maximum atomic E-state index is 11.5. The predicted octanol–water partition coefficient (Wildman–Crippen LogP) is 2.52. The summed E-state index contributed by atoms with van der Waals surface area (Å²) in [6.45, 7) is 0. The molecule has 122 valence electrons. The van der Waals surface area contributed by atoms with Crippen LogP contribution >= 0.6 is 23.2 Å². The molecular weight excluding hydrogens is 361 g/mol. The molecule has 2 N–H and O–H groups in total. The minimum atomic E-state index is -2.97. The molecule has 2 heterocycles. The van der Waals surface area contributed by atoms with Crippen LogP contribution in [0.15, 0.2) is 24.4 Å². The van der Waals surface area contributed by atoms with E-state index in [0.717, 1.165) is 0 Å². The molecule has 1 atom stereocenters. The van der Waals surface area contributed by atoms with Gasteiger partial charge in [0.1, 0.15) is 0 Å². The lowest BCUT2D eigenvalue weighted by molar-refractivity contribution is 0.602. The van der Waals surface area contributed by atoms with Gasteiger partial charge in [0, 0.05) is 11.1 Å². The quantitative estimate of drug-likeness (QED) is 0.849. The van der Waals surface area contributed by atoms with E-state index in [9.17, 15) is 8.42 Å². The van der Waals surface area contributed by atoms with E-state index in [1.807, 2.05) is 0 Å². The molecule has 0 amide bonds. The Morgan fingerprint density at radius 1 is 1.26 bits per heavy atom. The lowest BCUT2D eigenvalue weighted by atomic mass is 10.3. The molecule has 0 bridgehead atoms. The van der Waals surface area contributed by atoms with Gasteiger partial charge in [-0.25, -0.2) is 8.42 Å². The van der Waals surface area contributed by atoms with Gasteiger partial charge in [-0.3, -0.25) is 0 Å². The molecule has 1 unspecified atom stereocenters. The van der Waals surface area contributed by atoms with Gasteiger partial charge in [0.2, 0.25) is 5.95 Å². The second-order valence-corrected chi connectivity index (χ2v) is 8.23. The van der Waals surface area contributed by atoms with Gasteiger partial charge < -0.3 is 10.6 Å². The Morgan fingerprint density at radius 3 is 2.78 bits per heavy atom. The minimum Gasteiger partial charge on any atom is -0.349 e. The molecule has 10 heteroatoms. The van der Waals surface area contributed by atoms with Gasteiger partial charge in [-0.05, 0) is 24.6 Å². The van der Waals surface area contributed by atoms with Crippen LogP contribution in [0.1, 0.15) is 6.42 Å². The van der Waals surface area contributed by atoms with E-state index in [4.69, 9.17) is 23.2 Å². The zero-order chi connectivity index (χ0) is 16.4. The number of rotatable bonds is 4. The number of nitrogens with one attached hydrogen (secondary N) is 2. The van der Waals surface area contributed by atoms with E-state index in [1.165, 1.54) is 6.20 Å². The number of hydrogen-bond acceptors (Lipinski definition) is 7. The van der Waals surface area contributed by atoms with Crippen LogP contribution in [0.25, 0.3) is 0 Å². The Labute approximate surface area is 143 Å². The van der Waals surface area contributed by atoms with E-state index in [1.54, 1.807) is 18.2 Å². The van der Waals surface area contributed by atoms with Crippen molar-refractivity contribution in [2.24, 2.45) is 0 Å². The molecular formula is C13H13Cl2N5O2S. The van der Waals surface area contributed by atoms with Crippen molar-refractivity contribution in [2.45, 2.75) is 12.5 Å². The number of halogens is 2. The summed E-state index contributed by atoms with van der Waals surface area (Å²) in [5, 5.41) is 14.7. The molecule has 7 nitrogen and oxygen atoms in total. The molecule has 23 heavy (non-hydrogen) atoms. The Balaban J connectivity index is 1.72. The van der Waals surface area contributed by atoms with Crippen LogP contribution in [-0.4, -0.2) is 41.1 Å². The zero-order valence-corrected chi connectivity index (χ0v) is 14.2. The molecule has 1 saturated heterocycles. The smallest absolute Gasteiger partial charge is 0.244 e. The average molecular weight is 374 g/mol. The van der Waals surface area contributed by atoms with Crippen molar-refractivity contribution < 1.29 is 8.42 Å². The predicted molar refractivity (Wildman–Crippen MR) is 90.3 cm³/mol. The van der Waals surface area contributed by atoms with Gasteiger partial charge in [-0.15, -0.1) is 5.10 Å². The van der Waals surface area contributed by atoms with E-state index in [0.29, 0.717) is 28.0 Å². The van der Waals surface area contributed by atoms with Crippen LogP contribution in [0.4, 0.5) is 17.5 Å². The lowest BCUT2D eigenvalue weighted by Gasteiger charge is -2.12. The van der Waals surface area contributed by atoms with Crippen LogP contribution in [0, 0.1) is 0 Å². The SMILES string of the molecule is O=S1(=O)CCC(Nc2nncc(Nc3ccc(Cl)cc3Cl)n2)C1. The molecule has 1 aromatic heterocycles. The fraction of sp³-hybridized carbons (Fsp3) is 0.308. The number of benzene rings is 1. The van der Waals surface area contributed by atoms with Crippen LogP contribution in [0.5, 0.6) is 0 Å². The summed E-state index contributed by atoms with van der Waals surface area (Å²) in [7, 11) is -2.97. The topological polar surface area (TPSA) is 96.9 Å². The van der Waals surface area contributed by atoms with Gasteiger partial charge in [-0.2, -0.15) is 10.1 Å². The molecule has 1 aromatic carbocycles. The van der Waals surface area contributed by atoms with Gasteiger partial charge in [0.15, 0.2) is 15.7 Å². The Morgan fingerprint density at radius 2 is 2.09 bits per heavy atom. The van der Waals surface area contributed by atoms with Crippen molar-refractivity contribution in [3.05, 3.63) is 34.4 Å². The van der Waals surface area contributed by atoms with Gasteiger partial charge in [0.25, 0.3) is 0 Å². The fourth-order valence-electron chi connectivity index (χ4n) is 2.25. The first-order valence-corrected chi connectivity index (χ1v) is 9.38. The number of anilines is 3. The third kappa shape index (κ3) is 4.21. The first-order valence-electron chi connectivity index (χ1n) is 6.80. The summed E-state index contributed by atoms with van der Waals surface area (Å²) in [5.74, 6) is 0.961. The average Bonchev–Trinajstić information content (AvgIpc) is 2.81. The largest absolute Gasteiger partial charge is 0.349 e. The highest BCUT2D eigenvalue weighted by Crippen LogP contribution is 2.27. The van der Waals surface area contributed by atoms with Crippen LogP contribution < -0.4 is 10.6 Å². The van der Waals surface area contributed by atoms with Gasteiger partial charge in [-0.1, -0.05) is 23.2 Å². The first kappa shape index (κ1) is 16.2. The second kappa shape index (κ2) is 6.46. The Kier molecular flexibility index (Phi) is 4.56. The lowest BCUT2D eigenvalue weighted by Crippen LogP contribution is -2.22. The summed E-state index contributed by atoms with van der Waals surface area (Å²) < 4.78 is 22.9. The van der Waals surface area contributed by atoms with Crippen LogP contribution in [0.3, 0.4) is 0 Å². The summed E-state index contributed by atoms with van der Waals surface area (Å²) in [6, 6.07) is 4.84. The van der Waals surface area contributed by atoms with Gasteiger partial charge in [0.05, 0.1) is 28.4 Å². The molecule has 1 aliphatic rings. The molecule has 0 aliphatic carbocycles. The van der Waals surface area contributed by atoms with E-state index >= 15 is 0 Å². The maximum Gasteiger partial charge on any atom is 0.244 e. The molecule has 0 saturated carbocycles. The minimum absolute atomic E-state index is 0.0804. The second-order valence-electron chi connectivity index (χ2n) is 5.16. The molecule has 0 spiro atoms. The molecule has 0 radical (unpaired) electrons. The van der Waals surface area contributed by atoms with E-state index < -0.39 is 9.84 Å². The summed E-state index contributed by atoms with van der Waals surface area (Å²) in [6.07, 6.45) is 1.98. The monoisotopic (exact) mass is 373 g/mol. The first-order chi connectivity index (χ1) is 10.9. The van der Waals surface area contributed by atoms with Crippen molar-refractivity contribution in [3.8, 4) is 0 Å². The third-order valence-corrected chi connectivity index (χ3v) is 5.63. The van der Waals surface area contributed by atoms with Crippen molar-refractivity contribution in [1.82, 2.24) is 15.2 Å². The molecule has 3 rings (SSSR count). The number of aromatic nitrogens is 3. The number of nitrogens with zero attached hydrogens (tertiary/aromatic N) is 3. The van der Waals surface area contributed by atoms with Crippen LogP contribution in [0.2, 0.25) is 10.0 Å². The van der Waals surface area contributed by atoms with Gasteiger partial charge >= 0.3 is 0 Å². The van der Waals surface area contributed by atoms with E-state index in [-0.39, 0.29) is 23.5 Å². The Bertz CT molecular complexity index is 831. The van der Waals surface area contributed by atoms with Crippen molar-refractivity contribution in [3.63, 3.8) is 0 Å². The fourth-order valence-corrected chi connectivity index (χ4v) is 4.37.